The van der Waals surface area contributed by atoms with Crippen molar-refractivity contribution in [3.63, 3.8) is 0 Å². The lowest BCUT2D eigenvalue weighted by Gasteiger charge is -2.14. The molecule has 4 aromatic rings. The molecule has 2 heterocycles. The summed E-state index contributed by atoms with van der Waals surface area (Å²) in [6.45, 7) is 0. The second kappa shape index (κ2) is 8.28. The van der Waals surface area contributed by atoms with Crippen LogP contribution in [0.4, 0.5) is 4.39 Å². The summed E-state index contributed by atoms with van der Waals surface area (Å²) >= 11 is 0. The number of benzene rings is 2. The molecule has 5 nitrogen and oxygen atoms in total. The smallest absolute Gasteiger partial charge is 0.320 e. The molecule has 7 heteroatoms. The second-order valence-electron chi connectivity index (χ2n) is 6.88. The highest BCUT2D eigenvalue weighted by molar-refractivity contribution is 7.51. The zero-order valence-electron chi connectivity index (χ0n) is 15.9. The predicted octanol–water partition coefficient (Wildman–Crippen LogP) is 3.78. The molecule has 4 rings (SSSR count). The molecule has 2 N–H and O–H groups in total. The summed E-state index contributed by atoms with van der Waals surface area (Å²) in [5.41, 5.74) is 3.26. The van der Waals surface area contributed by atoms with Crippen LogP contribution in [0.1, 0.15) is 11.3 Å². The first kappa shape index (κ1) is 20.1. The Morgan fingerprint density at radius 3 is 1.80 bits per heavy atom. The molecule has 0 radical (unpaired) electrons. The van der Waals surface area contributed by atoms with Crippen LogP contribution in [0, 0.1) is 5.82 Å². The third-order valence-corrected chi connectivity index (χ3v) is 6.04. The van der Waals surface area contributed by atoms with Crippen molar-refractivity contribution in [1.29, 1.82) is 0 Å². The molecule has 2 aromatic carbocycles. The first-order valence-electron chi connectivity index (χ1n) is 9.30. The number of halogens is 1. The molecule has 0 saturated carbocycles. The molecular formula is C23H20FN2O3P+2. The summed E-state index contributed by atoms with van der Waals surface area (Å²) in [6, 6.07) is 22.5. The minimum absolute atomic E-state index is 0.280. The van der Waals surface area contributed by atoms with Crippen LogP contribution in [0.5, 0.6) is 0 Å². The fourth-order valence-corrected chi connectivity index (χ4v) is 4.42. The van der Waals surface area contributed by atoms with E-state index in [0.717, 1.165) is 16.8 Å². The molecule has 0 amide bonds. The minimum Gasteiger partial charge on any atom is -0.320 e. The predicted molar refractivity (Wildman–Crippen MR) is 110 cm³/mol. The van der Waals surface area contributed by atoms with Crippen molar-refractivity contribution >= 4 is 7.60 Å². The Kier molecular flexibility index (Phi) is 5.55. The Morgan fingerprint density at radius 2 is 1.27 bits per heavy atom. The van der Waals surface area contributed by atoms with Crippen LogP contribution >= 0.6 is 7.60 Å². The van der Waals surface area contributed by atoms with E-state index in [1.54, 1.807) is 48.8 Å². The molecule has 2 aromatic heterocycles. The average molecular weight is 422 g/mol. The maximum Gasteiger partial charge on any atom is 0.398 e. The van der Waals surface area contributed by atoms with E-state index in [2.05, 4.69) is 0 Å². The number of hydrogen-bond acceptors (Lipinski definition) is 1. The van der Waals surface area contributed by atoms with Crippen molar-refractivity contribution in [2.75, 3.05) is 0 Å². The molecule has 150 valence electrons. The molecule has 0 aliphatic rings. The van der Waals surface area contributed by atoms with Crippen LogP contribution in [-0.2, 0) is 4.57 Å². The number of aromatic nitrogens is 2. The van der Waals surface area contributed by atoms with Gasteiger partial charge in [-0.25, -0.2) is 4.39 Å². The van der Waals surface area contributed by atoms with Crippen LogP contribution < -0.4 is 9.13 Å². The van der Waals surface area contributed by atoms with E-state index in [0.29, 0.717) is 5.56 Å². The van der Waals surface area contributed by atoms with Gasteiger partial charge in [-0.3, -0.25) is 4.57 Å². The molecule has 0 aliphatic carbocycles. The van der Waals surface area contributed by atoms with Crippen molar-refractivity contribution in [2.24, 2.45) is 0 Å². The Balaban J connectivity index is 1.61. The zero-order valence-corrected chi connectivity index (χ0v) is 16.8. The summed E-state index contributed by atoms with van der Waals surface area (Å²) in [7, 11) is -4.42. The van der Waals surface area contributed by atoms with Crippen molar-refractivity contribution in [3.8, 4) is 16.8 Å². The number of rotatable bonds is 5. The van der Waals surface area contributed by atoms with Gasteiger partial charge in [-0.1, -0.05) is 30.3 Å². The van der Waals surface area contributed by atoms with Crippen molar-refractivity contribution < 1.29 is 27.9 Å². The van der Waals surface area contributed by atoms with E-state index < -0.39 is 13.4 Å². The first-order chi connectivity index (χ1) is 14.4. The third-order valence-electron chi connectivity index (χ3n) is 4.84. The van der Waals surface area contributed by atoms with Gasteiger partial charge in [-0.05, 0) is 23.3 Å². The Bertz CT molecular complexity index is 1180. The Morgan fingerprint density at radius 1 is 0.733 bits per heavy atom. The summed E-state index contributed by atoms with van der Waals surface area (Å²) in [4.78, 5) is 19.8. The number of hydrogen-bond donors (Lipinski definition) is 2. The summed E-state index contributed by atoms with van der Waals surface area (Å²) in [6.07, 6.45) is 7.11. The molecule has 0 bridgehead atoms. The Labute approximate surface area is 173 Å². The molecule has 1 unspecified atom stereocenters. The van der Waals surface area contributed by atoms with Gasteiger partial charge in [0.2, 0.25) is 5.69 Å². The lowest BCUT2D eigenvalue weighted by Crippen LogP contribution is -2.39. The van der Waals surface area contributed by atoms with Crippen molar-refractivity contribution in [3.05, 3.63) is 115 Å². The monoisotopic (exact) mass is 422 g/mol. The van der Waals surface area contributed by atoms with Crippen LogP contribution in [0.2, 0.25) is 0 Å². The normalized spacial score (nSPS) is 12.5. The summed E-state index contributed by atoms with van der Waals surface area (Å²) < 4.78 is 28.6. The number of nitrogens with zero attached hydrogens (tertiary/aromatic N) is 2. The second-order valence-corrected chi connectivity index (χ2v) is 8.55. The zero-order chi connectivity index (χ0) is 21.1. The van der Waals surface area contributed by atoms with Crippen LogP contribution in [0.15, 0.2) is 104 Å². The van der Waals surface area contributed by atoms with E-state index in [1.807, 2.05) is 47.3 Å². The number of pyridine rings is 2. The summed E-state index contributed by atoms with van der Waals surface area (Å²) in [5, 5.41) is 0. The summed E-state index contributed by atoms with van der Waals surface area (Å²) in [5.74, 6) is -1.36. The largest absolute Gasteiger partial charge is 0.398 e. The van der Waals surface area contributed by atoms with E-state index in [-0.39, 0.29) is 5.82 Å². The van der Waals surface area contributed by atoms with E-state index >= 15 is 0 Å². The van der Waals surface area contributed by atoms with Gasteiger partial charge in [-0.15, -0.1) is 0 Å². The molecule has 0 saturated heterocycles. The highest BCUT2D eigenvalue weighted by Crippen LogP contribution is 2.49. The van der Waals surface area contributed by atoms with E-state index in [9.17, 15) is 18.7 Å². The van der Waals surface area contributed by atoms with Gasteiger partial charge in [0.1, 0.15) is 5.82 Å². The van der Waals surface area contributed by atoms with Gasteiger partial charge in [-0.2, -0.15) is 9.13 Å². The van der Waals surface area contributed by atoms with Crippen molar-refractivity contribution in [2.45, 2.75) is 5.78 Å². The molecule has 30 heavy (non-hydrogen) atoms. The van der Waals surface area contributed by atoms with Crippen LogP contribution in [-0.4, -0.2) is 9.79 Å². The van der Waals surface area contributed by atoms with Crippen molar-refractivity contribution in [1.82, 2.24) is 0 Å². The standard InChI is InChI=1S/C23H18FN2O3P/c24-21-6-8-22(9-7-21)25-14-10-18(11-15-25)19-12-16-26(17-13-19)23(30(27,28)29)20-4-2-1-3-5-20/h1-17,23H/p+2. The van der Waals surface area contributed by atoms with Gasteiger partial charge in [0.25, 0.3) is 5.78 Å². The van der Waals surface area contributed by atoms with Crippen LogP contribution in [0.3, 0.4) is 0 Å². The lowest BCUT2D eigenvalue weighted by atomic mass is 10.1. The molecule has 0 spiro atoms. The van der Waals surface area contributed by atoms with Gasteiger partial charge < -0.3 is 9.79 Å². The maximum atomic E-state index is 13.1. The fourth-order valence-electron chi connectivity index (χ4n) is 3.36. The molecule has 0 fully saturated rings. The first-order valence-corrected chi connectivity index (χ1v) is 11.0. The molecular weight excluding hydrogens is 402 g/mol. The minimum atomic E-state index is -4.42. The van der Waals surface area contributed by atoms with E-state index in [4.69, 9.17) is 0 Å². The van der Waals surface area contributed by atoms with Gasteiger partial charge >= 0.3 is 7.60 Å². The quantitative estimate of drug-likeness (QED) is 0.380. The molecule has 0 aliphatic heterocycles. The lowest BCUT2D eigenvalue weighted by molar-refractivity contribution is -0.695. The van der Waals surface area contributed by atoms with E-state index in [1.165, 1.54) is 16.7 Å². The fraction of sp³-hybridized carbons (Fsp3) is 0.0435. The Hall–Kier alpha value is -3.18. The third kappa shape index (κ3) is 4.36. The SMILES string of the molecule is O=P(O)(O)C(c1ccccc1)[n+]1ccc(-c2cc[n+](-c3ccc(F)cc3)cc2)cc1. The average Bonchev–Trinajstić information content (AvgIpc) is 2.75. The maximum absolute atomic E-state index is 13.1. The molecule has 1 atom stereocenters. The highest BCUT2D eigenvalue weighted by Gasteiger charge is 2.38. The van der Waals surface area contributed by atoms with Crippen LogP contribution in [0.25, 0.3) is 16.8 Å². The topological polar surface area (TPSA) is 65.3 Å². The van der Waals surface area contributed by atoms with Gasteiger partial charge in [0.15, 0.2) is 24.8 Å². The van der Waals surface area contributed by atoms with Gasteiger partial charge in [0.05, 0.1) is 0 Å². The highest BCUT2D eigenvalue weighted by atomic mass is 31.2. The van der Waals surface area contributed by atoms with Gasteiger partial charge in [0, 0.05) is 42.0 Å².